The lowest BCUT2D eigenvalue weighted by molar-refractivity contribution is 0.0946. The molecule has 3 aromatic rings. The molecule has 0 amide bonds. The second kappa shape index (κ2) is 10.1. The average molecular weight is 445 g/mol. The van der Waals surface area contributed by atoms with Crippen LogP contribution in [0.5, 0.6) is 11.5 Å². The molecule has 2 aromatic carbocycles. The van der Waals surface area contributed by atoms with Gasteiger partial charge in [-0.2, -0.15) is 0 Å². The van der Waals surface area contributed by atoms with Crippen LogP contribution in [0, 0.1) is 6.92 Å². The minimum Gasteiger partial charge on any atom is -0.496 e. The first-order valence-corrected chi connectivity index (χ1v) is 10.9. The maximum atomic E-state index is 12.9. The number of likely N-dealkylation sites (N-methyl/N-ethyl adjacent to an activating group) is 1. The molecule has 0 aliphatic rings. The van der Waals surface area contributed by atoms with Gasteiger partial charge in [-0.1, -0.05) is 23.7 Å². The standard InChI is InChI=1S/C23H25ClN2O3S/c1-5-29-18-9-6-16(7-10-18)13-26(3)14-20(27)22-15(2)25-23(30-22)19-11-8-17(24)12-21(19)28-4/h6-12H,5,13-14H2,1-4H3. The van der Waals surface area contributed by atoms with Gasteiger partial charge in [0.05, 0.1) is 36.4 Å². The normalized spacial score (nSPS) is 11.0. The van der Waals surface area contributed by atoms with Gasteiger partial charge in [0, 0.05) is 11.6 Å². The van der Waals surface area contributed by atoms with E-state index in [1.807, 2.05) is 56.1 Å². The van der Waals surface area contributed by atoms with E-state index in [0.29, 0.717) is 35.3 Å². The Morgan fingerprint density at radius 2 is 1.93 bits per heavy atom. The molecule has 0 aliphatic heterocycles. The molecule has 0 saturated carbocycles. The third-order valence-electron chi connectivity index (χ3n) is 4.54. The first kappa shape index (κ1) is 22.3. The van der Waals surface area contributed by atoms with Gasteiger partial charge in [0.15, 0.2) is 5.78 Å². The summed E-state index contributed by atoms with van der Waals surface area (Å²) in [6, 6.07) is 13.4. The molecule has 0 unspecified atom stereocenters. The highest BCUT2D eigenvalue weighted by atomic mass is 35.5. The van der Waals surface area contributed by atoms with Crippen LogP contribution in [0.1, 0.15) is 27.9 Å². The number of Topliss-reactive ketones (excluding diaryl/α,β-unsaturated/α-hetero) is 1. The smallest absolute Gasteiger partial charge is 0.188 e. The van der Waals surface area contributed by atoms with E-state index in [2.05, 4.69) is 4.98 Å². The number of carbonyl (C=O) groups is 1. The molecular formula is C23H25ClN2O3S. The average Bonchev–Trinajstić information content (AvgIpc) is 3.11. The van der Waals surface area contributed by atoms with Gasteiger partial charge in [0.2, 0.25) is 0 Å². The lowest BCUT2D eigenvalue weighted by Crippen LogP contribution is -2.25. The van der Waals surface area contributed by atoms with E-state index in [9.17, 15) is 4.79 Å². The van der Waals surface area contributed by atoms with Crippen molar-refractivity contribution < 1.29 is 14.3 Å². The van der Waals surface area contributed by atoms with E-state index in [0.717, 1.165) is 27.6 Å². The van der Waals surface area contributed by atoms with Crippen molar-refractivity contribution >= 4 is 28.7 Å². The maximum Gasteiger partial charge on any atom is 0.188 e. The van der Waals surface area contributed by atoms with Crippen LogP contribution < -0.4 is 9.47 Å². The van der Waals surface area contributed by atoms with Crippen molar-refractivity contribution in [2.45, 2.75) is 20.4 Å². The van der Waals surface area contributed by atoms with Crippen molar-refractivity contribution in [1.29, 1.82) is 0 Å². The number of methoxy groups -OCH3 is 1. The number of carbonyl (C=O) groups excluding carboxylic acids is 1. The second-order valence-corrected chi connectivity index (χ2v) is 8.39. The predicted octanol–water partition coefficient (Wildman–Crippen LogP) is 5.49. The Morgan fingerprint density at radius 1 is 1.20 bits per heavy atom. The van der Waals surface area contributed by atoms with Gasteiger partial charge >= 0.3 is 0 Å². The highest BCUT2D eigenvalue weighted by Crippen LogP contribution is 2.36. The minimum absolute atomic E-state index is 0.0533. The minimum atomic E-state index is 0.0533. The fourth-order valence-corrected chi connectivity index (χ4v) is 4.34. The largest absolute Gasteiger partial charge is 0.496 e. The fourth-order valence-electron chi connectivity index (χ4n) is 3.15. The lowest BCUT2D eigenvalue weighted by Gasteiger charge is -2.16. The molecule has 7 heteroatoms. The van der Waals surface area contributed by atoms with E-state index < -0.39 is 0 Å². The molecule has 0 radical (unpaired) electrons. The number of rotatable bonds is 9. The fraction of sp³-hybridized carbons (Fsp3) is 0.304. The van der Waals surface area contributed by atoms with Gasteiger partial charge in [-0.05, 0) is 56.8 Å². The molecular weight excluding hydrogens is 420 g/mol. The first-order valence-electron chi connectivity index (χ1n) is 9.66. The molecule has 5 nitrogen and oxygen atoms in total. The predicted molar refractivity (Wildman–Crippen MR) is 122 cm³/mol. The number of halogens is 1. The summed E-state index contributed by atoms with van der Waals surface area (Å²) >= 11 is 7.44. The Labute approximate surface area is 186 Å². The quantitative estimate of drug-likeness (QED) is 0.408. The molecule has 0 bridgehead atoms. The second-order valence-electron chi connectivity index (χ2n) is 6.95. The Morgan fingerprint density at radius 3 is 2.60 bits per heavy atom. The number of thiazole rings is 1. The van der Waals surface area contributed by atoms with E-state index in [1.54, 1.807) is 19.2 Å². The van der Waals surface area contributed by atoms with Crippen molar-refractivity contribution in [3.8, 4) is 22.1 Å². The van der Waals surface area contributed by atoms with Crippen molar-refractivity contribution in [3.63, 3.8) is 0 Å². The third-order valence-corrected chi connectivity index (χ3v) is 6.01. The Hall–Kier alpha value is -2.41. The highest BCUT2D eigenvalue weighted by molar-refractivity contribution is 7.17. The summed E-state index contributed by atoms with van der Waals surface area (Å²) in [6.45, 7) is 5.46. The van der Waals surface area contributed by atoms with Crippen LogP contribution in [0.2, 0.25) is 5.02 Å². The van der Waals surface area contributed by atoms with Crippen LogP contribution in [0.4, 0.5) is 0 Å². The molecule has 1 aromatic heterocycles. The van der Waals surface area contributed by atoms with Gasteiger partial charge in [0.25, 0.3) is 0 Å². The summed E-state index contributed by atoms with van der Waals surface area (Å²) in [5.74, 6) is 1.55. The first-order chi connectivity index (χ1) is 14.4. The number of nitrogens with zero attached hydrogens (tertiary/aromatic N) is 2. The molecule has 0 N–H and O–H groups in total. The Bertz CT molecular complexity index is 1020. The highest BCUT2D eigenvalue weighted by Gasteiger charge is 2.19. The lowest BCUT2D eigenvalue weighted by atomic mass is 10.2. The summed E-state index contributed by atoms with van der Waals surface area (Å²) in [5.41, 5.74) is 2.68. The molecule has 0 saturated heterocycles. The van der Waals surface area contributed by atoms with Gasteiger partial charge in [0.1, 0.15) is 16.5 Å². The van der Waals surface area contributed by atoms with Crippen LogP contribution in [-0.4, -0.2) is 43.0 Å². The summed E-state index contributed by atoms with van der Waals surface area (Å²) in [5, 5.41) is 1.34. The Balaban J connectivity index is 1.70. The number of ether oxygens (including phenoxy) is 2. The van der Waals surface area contributed by atoms with E-state index in [-0.39, 0.29) is 5.78 Å². The summed E-state index contributed by atoms with van der Waals surface area (Å²) in [7, 11) is 3.53. The van der Waals surface area contributed by atoms with E-state index in [1.165, 1.54) is 11.3 Å². The van der Waals surface area contributed by atoms with Crippen molar-refractivity contribution in [3.05, 3.63) is 63.6 Å². The number of aromatic nitrogens is 1. The number of hydrogen-bond donors (Lipinski definition) is 0. The third kappa shape index (κ3) is 5.39. The monoisotopic (exact) mass is 444 g/mol. The maximum absolute atomic E-state index is 12.9. The molecule has 0 aliphatic carbocycles. The van der Waals surface area contributed by atoms with Gasteiger partial charge < -0.3 is 9.47 Å². The van der Waals surface area contributed by atoms with Crippen molar-refractivity contribution in [2.24, 2.45) is 0 Å². The van der Waals surface area contributed by atoms with Crippen LogP contribution in [0.25, 0.3) is 10.6 Å². The van der Waals surface area contributed by atoms with Crippen LogP contribution in [0.3, 0.4) is 0 Å². The van der Waals surface area contributed by atoms with E-state index >= 15 is 0 Å². The van der Waals surface area contributed by atoms with Gasteiger partial charge in [-0.3, -0.25) is 9.69 Å². The molecule has 1 heterocycles. The topological polar surface area (TPSA) is 51.7 Å². The van der Waals surface area contributed by atoms with Crippen LogP contribution in [0.15, 0.2) is 42.5 Å². The molecule has 0 spiro atoms. The summed E-state index contributed by atoms with van der Waals surface area (Å²) in [6.07, 6.45) is 0. The van der Waals surface area contributed by atoms with Crippen LogP contribution in [-0.2, 0) is 6.54 Å². The van der Waals surface area contributed by atoms with Gasteiger partial charge in [-0.15, -0.1) is 11.3 Å². The molecule has 0 atom stereocenters. The molecule has 0 fully saturated rings. The van der Waals surface area contributed by atoms with Crippen molar-refractivity contribution in [2.75, 3.05) is 27.3 Å². The molecule has 30 heavy (non-hydrogen) atoms. The number of hydrogen-bond acceptors (Lipinski definition) is 6. The molecule has 158 valence electrons. The van der Waals surface area contributed by atoms with Crippen molar-refractivity contribution in [1.82, 2.24) is 9.88 Å². The number of aryl methyl sites for hydroxylation is 1. The number of benzene rings is 2. The zero-order valence-corrected chi connectivity index (χ0v) is 19.1. The van der Waals surface area contributed by atoms with E-state index in [4.69, 9.17) is 21.1 Å². The summed E-state index contributed by atoms with van der Waals surface area (Å²) < 4.78 is 10.9. The van der Waals surface area contributed by atoms with Gasteiger partial charge in [-0.25, -0.2) is 4.98 Å². The SMILES string of the molecule is CCOc1ccc(CN(C)CC(=O)c2sc(-c3ccc(Cl)cc3OC)nc2C)cc1. The zero-order valence-electron chi connectivity index (χ0n) is 17.6. The molecule has 3 rings (SSSR count). The summed E-state index contributed by atoms with van der Waals surface area (Å²) in [4.78, 5) is 20.2. The number of ketones is 1. The Kier molecular flexibility index (Phi) is 7.48. The zero-order chi connectivity index (χ0) is 21.7. The van der Waals surface area contributed by atoms with Crippen LogP contribution >= 0.6 is 22.9 Å².